The molecule has 0 aliphatic rings. The standard InChI is InChI=1S/C19H21N3O2S/c1-5-22-14-9-7-6-8-13(14)11(3)16(22)18(24)21-19-15(17(20)23)10(2)12(4)25-19/h6-9H,5H2,1-4H3,(H2,20,23)(H,21,24). The fourth-order valence-electron chi connectivity index (χ4n) is 3.27. The average molecular weight is 355 g/mol. The molecule has 130 valence electrons. The molecule has 0 radical (unpaired) electrons. The Bertz CT molecular complexity index is 998. The molecule has 3 rings (SSSR count). The maximum atomic E-state index is 13.0. The van der Waals surface area contributed by atoms with Gasteiger partial charge in [0.15, 0.2) is 0 Å². The van der Waals surface area contributed by atoms with E-state index in [1.807, 2.05) is 56.5 Å². The third-order valence-corrected chi connectivity index (χ3v) is 5.74. The molecule has 0 atom stereocenters. The first-order chi connectivity index (χ1) is 11.9. The number of nitrogens with one attached hydrogen (secondary N) is 1. The highest BCUT2D eigenvalue weighted by Gasteiger charge is 2.23. The van der Waals surface area contributed by atoms with E-state index < -0.39 is 5.91 Å². The lowest BCUT2D eigenvalue weighted by Crippen LogP contribution is -2.20. The van der Waals surface area contributed by atoms with Crippen LogP contribution in [0.1, 0.15) is 43.8 Å². The van der Waals surface area contributed by atoms with Gasteiger partial charge in [0, 0.05) is 22.3 Å². The second kappa shape index (κ2) is 6.37. The van der Waals surface area contributed by atoms with E-state index in [0.717, 1.165) is 26.9 Å². The van der Waals surface area contributed by atoms with Crippen LogP contribution in [0, 0.1) is 20.8 Å². The maximum Gasteiger partial charge on any atom is 0.273 e. The number of hydrogen-bond acceptors (Lipinski definition) is 3. The van der Waals surface area contributed by atoms with Gasteiger partial charge in [0.2, 0.25) is 0 Å². The van der Waals surface area contributed by atoms with E-state index in [4.69, 9.17) is 5.73 Å². The third kappa shape index (κ3) is 2.72. The first-order valence-electron chi connectivity index (χ1n) is 8.15. The van der Waals surface area contributed by atoms with E-state index >= 15 is 0 Å². The first kappa shape index (κ1) is 17.2. The van der Waals surface area contributed by atoms with Gasteiger partial charge in [-0.1, -0.05) is 18.2 Å². The topological polar surface area (TPSA) is 77.1 Å². The molecule has 0 unspecified atom stereocenters. The van der Waals surface area contributed by atoms with Gasteiger partial charge in [-0.15, -0.1) is 11.3 Å². The van der Waals surface area contributed by atoms with Crippen LogP contribution >= 0.6 is 11.3 Å². The zero-order valence-electron chi connectivity index (χ0n) is 14.8. The number of carbonyl (C=O) groups excluding carboxylic acids is 2. The molecular formula is C19H21N3O2S. The van der Waals surface area contributed by atoms with Crippen molar-refractivity contribution < 1.29 is 9.59 Å². The van der Waals surface area contributed by atoms with Gasteiger partial charge in [-0.25, -0.2) is 0 Å². The Morgan fingerprint density at radius 2 is 1.84 bits per heavy atom. The van der Waals surface area contributed by atoms with Crippen molar-refractivity contribution in [3.8, 4) is 0 Å². The van der Waals surface area contributed by atoms with Crippen molar-refractivity contribution in [2.24, 2.45) is 5.73 Å². The normalized spacial score (nSPS) is 11.0. The number of aryl methyl sites for hydroxylation is 3. The molecule has 0 saturated heterocycles. The molecule has 0 fully saturated rings. The molecule has 2 aromatic heterocycles. The van der Waals surface area contributed by atoms with Crippen LogP contribution < -0.4 is 11.1 Å². The predicted octanol–water partition coefficient (Wildman–Crippen LogP) is 4.00. The number of primary amides is 1. The van der Waals surface area contributed by atoms with Gasteiger partial charge in [0.25, 0.3) is 11.8 Å². The summed E-state index contributed by atoms with van der Waals surface area (Å²) in [6.45, 7) is 8.40. The number of thiophene rings is 1. The SMILES string of the molecule is CCn1c(C(=O)Nc2sc(C)c(C)c2C(N)=O)c(C)c2ccccc21. The molecule has 0 aliphatic heterocycles. The molecule has 2 heterocycles. The Morgan fingerprint density at radius 3 is 2.48 bits per heavy atom. The van der Waals surface area contributed by atoms with Crippen LogP contribution in [0.4, 0.5) is 5.00 Å². The van der Waals surface area contributed by atoms with Crippen molar-refractivity contribution in [2.75, 3.05) is 5.32 Å². The van der Waals surface area contributed by atoms with Crippen molar-refractivity contribution in [3.63, 3.8) is 0 Å². The van der Waals surface area contributed by atoms with E-state index in [0.29, 0.717) is 22.8 Å². The maximum absolute atomic E-state index is 13.0. The van der Waals surface area contributed by atoms with Gasteiger partial charge in [-0.2, -0.15) is 0 Å². The summed E-state index contributed by atoms with van der Waals surface area (Å²) < 4.78 is 2.00. The third-order valence-electron chi connectivity index (χ3n) is 4.61. The Hall–Kier alpha value is -2.60. The number of hydrogen-bond donors (Lipinski definition) is 2. The van der Waals surface area contributed by atoms with Crippen LogP contribution in [-0.2, 0) is 6.54 Å². The van der Waals surface area contributed by atoms with Crippen LogP contribution in [0.3, 0.4) is 0 Å². The Morgan fingerprint density at radius 1 is 1.16 bits per heavy atom. The number of amides is 2. The summed E-state index contributed by atoms with van der Waals surface area (Å²) in [5.74, 6) is -0.746. The molecule has 0 aliphatic carbocycles. The van der Waals surface area contributed by atoms with Gasteiger partial charge in [-0.3, -0.25) is 9.59 Å². The number of anilines is 1. The first-order valence-corrected chi connectivity index (χ1v) is 8.97. The molecule has 0 saturated carbocycles. The molecule has 3 N–H and O–H groups in total. The smallest absolute Gasteiger partial charge is 0.273 e. The molecule has 1 aromatic carbocycles. The van der Waals surface area contributed by atoms with Gasteiger partial charge in [-0.05, 0) is 44.9 Å². The fourth-order valence-corrected chi connectivity index (χ4v) is 4.33. The van der Waals surface area contributed by atoms with Crippen molar-refractivity contribution >= 4 is 39.1 Å². The summed E-state index contributed by atoms with van der Waals surface area (Å²) in [5, 5.41) is 4.48. The number of fused-ring (bicyclic) bond motifs is 1. The number of rotatable bonds is 4. The number of aromatic nitrogens is 1. The summed E-state index contributed by atoms with van der Waals surface area (Å²) in [5.41, 5.74) is 9.29. The largest absolute Gasteiger partial charge is 0.365 e. The molecule has 3 aromatic rings. The lowest BCUT2D eigenvalue weighted by Gasteiger charge is -2.10. The fraction of sp³-hybridized carbons (Fsp3) is 0.263. The molecule has 6 heteroatoms. The van der Waals surface area contributed by atoms with Gasteiger partial charge in [0.05, 0.1) is 5.56 Å². The average Bonchev–Trinajstić information content (AvgIpc) is 3.02. The van der Waals surface area contributed by atoms with Crippen LogP contribution in [0.5, 0.6) is 0 Å². The number of para-hydroxylation sites is 1. The predicted molar refractivity (Wildman–Crippen MR) is 103 cm³/mol. The summed E-state index contributed by atoms with van der Waals surface area (Å²) in [4.78, 5) is 25.7. The van der Waals surface area contributed by atoms with Crippen molar-refractivity contribution in [3.05, 3.63) is 51.5 Å². The van der Waals surface area contributed by atoms with Crippen LogP contribution in [0.2, 0.25) is 0 Å². The second-order valence-electron chi connectivity index (χ2n) is 6.04. The number of nitrogens with zero attached hydrogens (tertiary/aromatic N) is 1. The highest BCUT2D eigenvalue weighted by Crippen LogP contribution is 2.33. The van der Waals surface area contributed by atoms with Gasteiger partial charge in [0.1, 0.15) is 10.7 Å². The molecule has 25 heavy (non-hydrogen) atoms. The van der Waals surface area contributed by atoms with Gasteiger partial charge >= 0.3 is 0 Å². The minimum Gasteiger partial charge on any atom is -0.365 e. The number of nitrogens with two attached hydrogens (primary N) is 1. The second-order valence-corrected chi connectivity index (χ2v) is 7.27. The Kier molecular flexibility index (Phi) is 4.39. The van der Waals surface area contributed by atoms with E-state index in [1.54, 1.807) is 0 Å². The Balaban J connectivity index is 2.09. The number of benzene rings is 1. The summed E-state index contributed by atoms with van der Waals surface area (Å²) in [6.07, 6.45) is 0. The summed E-state index contributed by atoms with van der Waals surface area (Å²) >= 11 is 1.38. The number of carbonyl (C=O) groups is 2. The minimum atomic E-state index is -0.523. The van der Waals surface area contributed by atoms with E-state index in [9.17, 15) is 9.59 Å². The summed E-state index contributed by atoms with van der Waals surface area (Å²) in [6, 6.07) is 7.96. The van der Waals surface area contributed by atoms with E-state index in [2.05, 4.69) is 5.32 Å². The quantitative estimate of drug-likeness (QED) is 0.742. The zero-order chi connectivity index (χ0) is 18.3. The van der Waals surface area contributed by atoms with Crippen molar-refractivity contribution in [1.29, 1.82) is 0 Å². The molecule has 5 nitrogen and oxygen atoms in total. The van der Waals surface area contributed by atoms with Gasteiger partial charge < -0.3 is 15.6 Å². The van der Waals surface area contributed by atoms with E-state index in [1.165, 1.54) is 11.3 Å². The monoisotopic (exact) mass is 355 g/mol. The lowest BCUT2D eigenvalue weighted by molar-refractivity contribution is 0.100. The molecule has 2 amide bonds. The highest BCUT2D eigenvalue weighted by atomic mass is 32.1. The van der Waals surface area contributed by atoms with E-state index in [-0.39, 0.29) is 5.91 Å². The van der Waals surface area contributed by atoms with Crippen LogP contribution in [0.25, 0.3) is 10.9 Å². The van der Waals surface area contributed by atoms with Crippen molar-refractivity contribution in [2.45, 2.75) is 34.2 Å². The molecule has 0 spiro atoms. The lowest BCUT2D eigenvalue weighted by atomic mass is 10.1. The zero-order valence-corrected chi connectivity index (χ0v) is 15.6. The van der Waals surface area contributed by atoms with Crippen molar-refractivity contribution in [1.82, 2.24) is 4.57 Å². The van der Waals surface area contributed by atoms with Crippen LogP contribution in [-0.4, -0.2) is 16.4 Å². The highest BCUT2D eigenvalue weighted by molar-refractivity contribution is 7.16. The molecule has 0 bridgehead atoms. The van der Waals surface area contributed by atoms with Crippen LogP contribution in [0.15, 0.2) is 24.3 Å². The summed E-state index contributed by atoms with van der Waals surface area (Å²) in [7, 11) is 0. The molecular weight excluding hydrogens is 334 g/mol. The minimum absolute atomic E-state index is 0.223. The Labute approximate surface area is 150 Å².